The van der Waals surface area contributed by atoms with Crippen molar-refractivity contribution >= 4 is 29.1 Å². The first kappa shape index (κ1) is 15.0. The van der Waals surface area contributed by atoms with Gasteiger partial charge in [-0.3, -0.25) is 0 Å². The van der Waals surface area contributed by atoms with Gasteiger partial charge in [0.05, 0.1) is 7.11 Å². The molecule has 0 aliphatic rings. The van der Waals surface area contributed by atoms with Crippen molar-refractivity contribution in [2.24, 2.45) is 0 Å². The summed E-state index contributed by atoms with van der Waals surface area (Å²) in [7, 11) is 1.57. The molecule has 0 bridgehead atoms. The first-order valence-electron chi connectivity index (χ1n) is 6.03. The van der Waals surface area contributed by atoms with Gasteiger partial charge in [0.15, 0.2) is 0 Å². The Bertz CT molecular complexity index is 778. The fourth-order valence-corrected chi connectivity index (χ4v) is 2.12. The van der Waals surface area contributed by atoms with Gasteiger partial charge in [-0.2, -0.15) is 0 Å². The number of ether oxygens (including phenoxy) is 1. The number of hydrogen-bond acceptors (Lipinski definition) is 4. The second-order valence-electron chi connectivity index (χ2n) is 4.34. The molecule has 0 saturated heterocycles. The van der Waals surface area contributed by atoms with Crippen LogP contribution in [0.4, 0.5) is 10.2 Å². The predicted molar refractivity (Wildman–Crippen MR) is 83.1 cm³/mol. The normalized spacial score (nSPS) is 10.2. The number of anilines is 1. The molecular weight excluding hydrogens is 293 g/mol. The minimum absolute atomic E-state index is 0. The summed E-state index contributed by atoms with van der Waals surface area (Å²) in [6.45, 7) is 0. The number of fused-ring (bicyclic) bond motifs is 1. The number of nitrogens with two attached hydrogens (primary N) is 1. The molecule has 3 aromatic rings. The zero-order valence-electron chi connectivity index (χ0n) is 11.2. The van der Waals surface area contributed by atoms with E-state index in [1.165, 1.54) is 18.5 Å². The standard InChI is InChI=1S/C15H12FN3O.ClH/c1-20-13-7-10(9-2-4-11(16)5-3-9)6-12-14(13)18-8-19-15(12)17;/h2-8H,1H3,(H2,17,18,19);1H. The third kappa shape index (κ3) is 2.73. The average molecular weight is 306 g/mol. The summed E-state index contributed by atoms with van der Waals surface area (Å²) in [5.74, 6) is 0.720. The number of aromatic nitrogens is 2. The molecule has 0 fully saturated rings. The van der Waals surface area contributed by atoms with E-state index >= 15 is 0 Å². The van der Waals surface area contributed by atoms with Gasteiger partial charge in [-0.1, -0.05) is 12.1 Å². The van der Waals surface area contributed by atoms with E-state index in [1.807, 2.05) is 12.1 Å². The average Bonchev–Trinajstić information content (AvgIpc) is 2.47. The van der Waals surface area contributed by atoms with Crippen molar-refractivity contribution in [3.63, 3.8) is 0 Å². The lowest BCUT2D eigenvalue weighted by Crippen LogP contribution is -1.96. The molecule has 6 heteroatoms. The fourth-order valence-electron chi connectivity index (χ4n) is 2.12. The van der Waals surface area contributed by atoms with Crippen LogP contribution in [-0.2, 0) is 0 Å². The topological polar surface area (TPSA) is 61.0 Å². The molecule has 4 nitrogen and oxygen atoms in total. The fraction of sp³-hybridized carbons (Fsp3) is 0.0667. The van der Waals surface area contributed by atoms with Crippen LogP contribution in [-0.4, -0.2) is 17.1 Å². The molecule has 0 aliphatic heterocycles. The van der Waals surface area contributed by atoms with Crippen LogP contribution in [0, 0.1) is 5.82 Å². The van der Waals surface area contributed by atoms with Gasteiger partial charge >= 0.3 is 0 Å². The Morgan fingerprint density at radius 2 is 1.76 bits per heavy atom. The van der Waals surface area contributed by atoms with Gasteiger partial charge in [-0.25, -0.2) is 14.4 Å². The Hall–Kier alpha value is -2.40. The summed E-state index contributed by atoms with van der Waals surface area (Å²) in [5, 5.41) is 0.714. The van der Waals surface area contributed by atoms with Gasteiger partial charge in [0.2, 0.25) is 0 Å². The van der Waals surface area contributed by atoms with Crippen molar-refractivity contribution in [1.82, 2.24) is 9.97 Å². The Morgan fingerprint density at radius 1 is 1.05 bits per heavy atom. The molecule has 3 rings (SSSR count). The van der Waals surface area contributed by atoms with Crippen molar-refractivity contribution in [3.05, 3.63) is 48.5 Å². The summed E-state index contributed by atoms with van der Waals surface area (Å²) in [6.07, 6.45) is 1.40. The van der Waals surface area contributed by atoms with E-state index in [0.717, 1.165) is 11.1 Å². The minimum Gasteiger partial charge on any atom is -0.494 e. The molecule has 1 heterocycles. The molecular formula is C15H13ClFN3O. The Morgan fingerprint density at radius 3 is 2.43 bits per heavy atom. The highest BCUT2D eigenvalue weighted by Gasteiger charge is 2.10. The van der Waals surface area contributed by atoms with Crippen LogP contribution < -0.4 is 10.5 Å². The summed E-state index contributed by atoms with van der Waals surface area (Å²) in [6, 6.07) is 9.96. The summed E-state index contributed by atoms with van der Waals surface area (Å²) >= 11 is 0. The molecule has 0 aliphatic carbocycles. The van der Waals surface area contributed by atoms with Crippen LogP contribution >= 0.6 is 12.4 Å². The zero-order chi connectivity index (χ0) is 14.1. The van der Waals surface area contributed by atoms with Crippen molar-refractivity contribution in [3.8, 4) is 16.9 Å². The maximum absolute atomic E-state index is 13.0. The molecule has 0 radical (unpaired) electrons. The van der Waals surface area contributed by atoms with E-state index in [1.54, 1.807) is 19.2 Å². The lowest BCUT2D eigenvalue weighted by Gasteiger charge is -2.09. The predicted octanol–water partition coefficient (Wildman–Crippen LogP) is 3.45. The van der Waals surface area contributed by atoms with Crippen molar-refractivity contribution < 1.29 is 9.13 Å². The van der Waals surface area contributed by atoms with E-state index in [9.17, 15) is 4.39 Å². The maximum Gasteiger partial charge on any atom is 0.145 e. The first-order valence-corrected chi connectivity index (χ1v) is 6.03. The molecule has 108 valence electrons. The quantitative estimate of drug-likeness (QED) is 0.787. The second kappa shape index (κ2) is 5.93. The smallest absolute Gasteiger partial charge is 0.145 e. The van der Waals surface area contributed by atoms with Crippen LogP contribution in [0.15, 0.2) is 42.7 Å². The Labute approximate surface area is 127 Å². The molecule has 0 spiro atoms. The molecule has 0 atom stereocenters. The zero-order valence-corrected chi connectivity index (χ0v) is 12.0. The number of hydrogen-bond donors (Lipinski definition) is 1. The number of rotatable bonds is 2. The monoisotopic (exact) mass is 305 g/mol. The highest BCUT2D eigenvalue weighted by Crippen LogP contribution is 2.32. The Kier molecular flexibility index (Phi) is 4.23. The lowest BCUT2D eigenvalue weighted by molar-refractivity contribution is 0.419. The van der Waals surface area contributed by atoms with Crippen molar-refractivity contribution in [1.29, 1.82) is 0 Å². The number of methoxy groups -OCH3 is 1. The molecule has 0 unspecified atom stereocenters. The number of nitrogen functional groups attached to an aromatic ring is 1. The van der Waals surface area contributed by atoms with Gasteiger partial charge in [-0.05, 0) is 35.4 Å². The van der Waals surface area contributed by atoms with E-state index < -0.39 is 0 Å². The van der Waals surface area contributed by atoms with Crippen LogP contribution in [0.5, 0.6) is 5.75 Å². The van der Waals surface area contributed by atoms with Crippen LogP contribution in [0.1, 0.15) is 0 Å². The van der Waals surface area contributed by atoms with Gasteiger partial charge in [0.1, 0.15) is 29.2 Å². The molecule has 1 aromatic heterocycles. The molecule has 21 heavy (non-hydrogen) atoms. The van der Waals surface area contributed by atoms with E-state index in [4.69, 9.17) is 10.5 Å². The lowest BCUT2D eigenvalue weighted by atomic mass is 10.0. The first-order chi connectivity index (χ1) is 9.69. The molecule has 2 N–H and O–H groups in total. The highest BCUT2D eigenvalue weighted by atomic mass is 35.5. The van der Waals surface area contributed by atoms with Crippen LogP contribution in [0.3, 0.4) is 0 Å². The van der Waals surface area contributed by atoms with E-state index in [2.05, 4.69) is 9.97 Å². The summed E-state index contributed by atoms with van der Waals surface area (Å²) in [4.78, 5) is 8.17. The maximum atomic E-state index is 13.0. The molecule has 0 saturated carbocycles. The van der Waals surface area contributed by atoms with Crippen LogP contribution in [0.2, 0.25) is 0 Å². The van der Waals surface area contributed by atoms with E-state index in [-0.39, 0.29) is 18.2 Å². The van der Waals surface area contributed by atoms with Crippen molar-refractivity contribution in [2.45, 2.75) is 0 Å². The summed E-state index contributed by atoms with van der Waals surface area (Å²) in [5.41, 5.74) is 8.28. The number of benzene rings is 2. The van der Waals surface area contributed by atoms with Crippen LogP contribution in [0.25, 0.3) is 22.0 Å². The van der Waals surface area contributed by atoms with Gasteiger partial charge < -0.3 is 10.5 Å². The second-order valence-corrected chi connectivity index (χ2v) is 4.34. The third-order valence-corrected chi connectivity index (χ3v) is 3.13. The number of nitrogens with zero attached hydrogens (tertiary/aromatic N) is 2. The Balaban J connectivity index is 0.00000161. The highest BCUT2D eigenvalue weighted by molar-refractivity contribution is 5.95. The SMILES string of the molecule is COc1cc(-c2ccc(F)cc2)cc2c(N)ncnc12.Cl. The number of halogens is 2. The van der Waals surface area contributed by atoms with Crippen molar-refractivity contribution in [2.75, 3.05) is 12.8 Å². The molecule has 2 aromatic carbocycles. The van der Waals surface area contributed by atoms with Gasteiger partial charge in [-0.15, -0.1) is 12.4 Å². The summed E-state index contributed by atoms with van der Waals surface area (Å²) < 4.78 is 18.3. The largest absolute Gasteiger partial charge is 0.494 e. The molecule has 0 amide bonds. The van der Waals surface area contributed by atoms with E-state index in [0.29, 0.717) is 22.5 Å². The minimum atomic E-state index is -0.274. The third-order valence-electron chi connectivity index (χ3n) is 3.13. The van der Waals surface area contributed by atoms with Gasteiger partial charge in [0.25, 0.3) is 0 Å². The van der Waals surface area contributed by atoms with Gasteiger partial charge in [0, 0.05) is 5.39 Å².